The quantitative estimate of drug-likeness (QED) is 0.805. The van der Waals surface area contributed by atoms with Gasteiger partial charge in [0.25, 0.3) is 0 Å². The molecule has 2 aromatic rings. The first-order chi connectivity index (χ1) is 11.8. The summed E-state index contributed by atoms with van der Waals surface area (Å²) >= 11 is 0. The molecule has 0 saturated heterocycles. The van der Waals surface area contributed by atoms with Gasteiger partial charge in [-0.15, -0.1) is 0 Å². The molecule has 25 heavy (non-hydrogen) atoms. The summed E-state index contributed by atoms with van der Waals surface area (Å²) in [6.45, 7) is 10.4. The minimum Gasteiger partial charge on any atom is -0.443 e. The van der Waals surface area contributed by atoms with Crippen molar-refractivity contribution in [3.05, 3.63) is 29.7 Å². The van der Waals surface area contributed by atoms with Gasteiger partial charge < -0.3 is 19.9 Å². The average molecular weight is 349 g/mol. The lowest BCUT2D eigenvalue weighted by molar-refractivity contribution is -0.143. The Hall–Kier alpha value is -1.96. The van der Waals surface area contributed by atoms with Crippen LogP contribution in [-0.2, 0) is 20.8 Å². The molecule has 2 N–H and O–H groups in total. The Morgan fingerprint density at radius 3 is 2.40 bits per heavy atom. The molecule has 0 amide bonds. The van der Waals surface area contributed by atoms with Gasteiger partial charge in [0.2, 0.25) is 0 Å². The van der Waals surface area contributed by atoms with Crippen molar-refractivity contribution in [2.45, 2.75) is 53.1 Å². The second kappa shape index (κ2) is 7.95. The van der Waals surface area contributed by atoms with E-state index in [0.717, 1.165) is 5.39 Å². The summed E-state index contributed by atoms with van der Waals surface area (Å²) in [6, 6.07) is 3.63. The number of fused-ring (bicyclic) bond motifs is 1. The highest BCUT2D eigenvalue weighted by atomic mass is 16.7. The summed E-state index contributed by atoms with van der Waals surface area (Å²) in [6.07, 6.45) is 0.531. The number of aromatic nitrogens is 2. The standard InChI is InChI=1S/C18H27N3O4/c1-6-23-16(24-7-2)15-8-12-11-20-13(10-19)9-14(12)21(15)17(22)25-18(3,4)5/h8-9,11,16H,6-7,10,19H2,1-5H3. The Morgan fingerprint density at radius 1 is 1.24 bits per heavy atom. The van der Waals surface area contributed by atoms with Crippen LogP contribution >= 0.6 is 0 Å². The van der Waals surface area contributed by atoms with E-state index in [1.54, 1.807) is 12.3 Å². The number of nitrogens with two attached hydrogens (primary N) is 1. The first-order valence-corrected chi connectivity index (χ1v) is 8.47. The van der Waals surface area contributed by atoms with Crippen LogP contribution in [0.3, 0.4) is 0 Å². The van der Waals surface area contributed by atoms with E-state index in [2.05, 4.69) is 4.98 Å². The molecule has 2 aromatic heterocycles. The third-order valence-corrected chi connectivity index (χ3v) is 3.43. The molecule has 7 heteroatoms. The number of nitrogens with zero attached hydrogens (tertiary/aromatic N) is 2. The van der Waals surface area contributed by atoms with Gasteiger partial charge in [0.1, 0.15) is 5.60 Å². The molecule has 0 fully saturated rings. The molecule has 0 atom stereocenters. The number of hydrogen-bond donors (Lipinski definition) is 1. The minimum atomic E-state index is -0.670. The van der Waals surface area contributed by atoms with Gasteiger partial charge in [-0.2, -0.15) is 0 Å². The largest absolute Gasteiger partial charge is 0.443 e. The van der Waals surface area contributed by atoms with Crippen molar-refractivity contribution in [3.8, 4) is 0 Å². The van der Waals surface area contributed by atoms with Gasteiger partial charge in [0.05, 0.1) is 16.9 Å². The van der Waals surface area contributed by atoms with E-state index < -0.39 is 18.0 Å². The molecule has 0 unspecified atom stereocenters. The van der Waals surface area contributed by atoms with Crippen LogP contribution < -0.4 is 5.73 Å². The molecular weight excluding hydrogens is 322 g/mol. The van der Waals surface area contributed by atoms with Gasteiger partial charge in [-0.1, -0.05) is 0 Å². The molecule has 7 nitrogen and oxygen atoms in total. The van der Waals surface area contributed by atoms with Crippen molar-refractivity contribution in [2.75, 3.05) is 13.2 Å². The Kier molecular flexibility index (Phi) is 6.16. The third-order valence-electron chi connectivity index (χ3n) is 3.43. The third kappa shape index (κ3) is 4.56. The normalized spacial score (nSPS) is 12.1. The van der Waals surface area contributed by atoms with Crippen LogP contribution in [0.1, 0.15) is 52.3 Å². The lowest BCUT2D eigenvalue weighted by Crippen LogP contribution is -2.29. The Bertz CT molecular complexity index is 728. The fraction of sp³-hybridized carbons (Fsp3) is 0.556. The highest BCUT2D eigenvalue weighted by molar-refractivity contribution is 5.90. The van der Waals surface area contributed by atoms with Gasteiger partial charge >= 0.3 is 6.09 Å². The second-order valence-corrected chi connectivity index (χ2v) is 6.57. The zero-order valence-corrected chi connectivity index (χ0v) is 15.5. The summed E-state index contributed by atoms with van der Waals surface area (Å²) in [5, 5.41) is 0.794. The van der Waals surface area contributed by atoms with E-state index in [4.69, 9.17) is 19.9 Å². The smallest absolute Gasteiger partial charge is 0.419 e. The van der Waals surface area contributed by atoms with Gasteiger partial charge in [0, 0.05) is 31.3 Å². The molecule has 0 aliphatic heterocycles. The maximum Gasteiger partial charge on any atom is 0.419 e. The molecule has 2 rings (SSSR count). The van der Waals surface area contributed by atoms with Crippen LogP contribution in [0, 0.1) is 0 Å². The second-order valence-electron chi connectivity index (χ2n) is 6.57. The van der Waals surface area contributed by atoms with Crippen LogP contribution in [0.15, 0.2) is 18.3 Å². The minimum absolute atomic E-state index is 0.283. The van der Waals surface area contributed by atoms with E-state index in [1.165, 1.54) is 4.57 Å². The maximum absolute atomic E-state index is 12.8. The molecular formula is C18H27N3O4. The summed E-state index contributed by atoms with van der Waals surface area (Å²) < 4.78 is 18.4. The number of carbonyl (C=O) groups excluding carboxylic acids is 1. The number of hydrogen-bond acceptors (Lipinski definition) is 6. The SMILES string of the molecule is CCOC(OCC)c1cc2cnc(CN)cc2n1C(=O)OC(C)(C)C. The fourth-order valence-corrected chi connectivity index (χ4v) is 2.48. The average Bonchev–Trinajstić information content (AvgIpc) is 2.91. The predicted octanol–water partition coefficient (Wildman–Crippen LogP) is 3.35. The van der Waals surface area contributed by atoms with Crippen molar-refractivity contribution in [1.82, 2.24) is 9.55 Å². The van der Waals surface area contributed by atoms with Gasteiger partial charge in [-0.3, -0.25) is 4.98 Å². The number of rotatable bonds is 6. The summed E-state index contributed by atoms with van der Waals surface area (Å²) in [7, 11) is 0. The highest BCUT2D eigenvalue weighted by Crippen LogP contribution is 2.28. The number of carbonyl (C=O) groups is 1. The summed E-state index contributed by atoms with van der Waals surface area (Å²) in [4.78, 5) is 17.1. The number of ether oxygens (including phenoxy) is 3. The van der Waals surface area contributed by atoms with Gasteiger partial charge in [0.15, 0.2) is 6.29 Å². The van der Waals surface area contributed by atoms with E-state index in [1.807, 2.05) is 40.7 Å². The molecule has 0 saturated carbocycles. The van der Waals surface area contributed by atoms with E-state index in [-0.39, 0.29) is 6.54 Å². The Balaban J connectivity index is 2.62. The molecule has 0 aliphatic rings. The zero-order valence-electron chi connectivity index (χ0n) is 15.5. The zero-order chi connectivity index (χ0) is 18.6. The van der Waals surface area contributed by atoms with Crippen molar-refractivity contribution in [2.24, 2.45) is 5.73 Å². The number of pyridine rings is 1. The molecule has 0 spiro atoms. The topological polar surface area (TPSA) is 88.6 Å². The lowest BCUT2D eigenvalue weighted by Gasteiger charge is -2.23. The Labute approximate surface area is 148 Å². The van der Waals surface area contributed by atoms with E-state index in [0.29, 0.717) is 30.1 Å². The predicted molar refractivity (Wildman–Crippen MR) is 95.2 cm³/mol. The van der Waals surface area contributed by atoms with Crippen molar-refractivity contribution >= 4 is 17.0 Å². The summed E-state index contributed by atoms with van der Waals surface area (Å²) in [5.41, 5.74) is 7.00. The maximum atomic E-state index is 12.8. The molecule has 0 aromatic carbocycles. The van der Waals surface area contributed by atoms with E-state index in [9.17, 15) is 4.79 Å². The van der Waals surface area contributed by atoms with Crippen molar-refractivity contribution in [1.29, 1.82) is 0 Å². The van der Waals surface area contributed by atoms with Crippen LogP contribution in [-0.4, -0.2) is 34.5 Å². The van der Waals surface area contributed by atoms with Crippen LogP contribution in [0.5, 0.6) is 0 Å². The van der Waals surface area contributed by atoms with Crippen molar-refractivity contribution < 1.29 is 19.0 Å². The Morgan fingerprint density at radius 2 is 1.88 bits per heavy atom. The molecule has 0 bridgehead atoms. The first-order valence-electron chi connectivity index (χ1n) is 8.47. The fourth-order valence-electron chi connectivity index (χ4n) is 2.48. The highest BCUT2D eigenvalue weighted by Gasteiger charge is 2.27. The molecule has 138 valence electrons. The van der Waals surface area contributed by atoms with Crippen LogP contribution in [0.25, 0.3) is 10.9 Å². The molecule has 0 aliphatic carbocycles. The monoisotopic (exact) mass is 349 g/mol. The first kappa shape index (κ1) is 19.4. The van der Waals surface area contributed by atoms with Crippen LogP contribution in [0.2, 0.25) is 0 Å². The molecule has 2 heterocycles. The van der Waals surface area contributed by atoms with Crippen molar-refractivity contribution in [3.63, 3.8) is 0 Å². The van der Waals surface area contributed by atoms with Gasteiger partial charge in [-0.25, -0.2) is 9.36 Å². The lowest BCUT2D eigenvalue weighted by atomic mass is 10.2. The summed E-state index contributed by atoms with van der Waals surface area (Å²) in [5.74, 6) is 0. The van der Waals surface area contributed by atoms with Gasteiger partial charge in [-0.05, 0) is 46.8 Å². The van der Waals surface area contributed by atoms with E-state index >= 15 is 0 Å². The molecule has 0 radical (unpaired) electrons. The van der Waals surface area contributed by atoms with Crippen LogP contribution in [0.4, 0.5) is 4.79 Å².